The minimum Gasteiger partial charge on any atom is -0.508 e. The fourth-order valence-electron chi connectivity index (χ4n) is 6.15. The largest absolute Gasteiger partial charge is 0.508 e. The van der Waals surface area contributed by atoms with Gasteiger partial charge in [-0.15, -0.1) is 62.6 Å². The highest BCUT2D eigenvalue weighted by atomic mass is 79.9. The summed E-state index contributed by atoms with van der Waals surface area (Å²) in [6.07, 6.45) is 4.98. The summed E-state index contributed by atoms with van der Waals surface area (Å²) in [6, 6.07) is 29.9. The molecule has 1 N–H and O–H groups in total. The molecule has 0 amide bonds. The van der Waals surface area contributed by atoms with Crippen molar-refractivity contribution in [1.82, 2.24) is 56.7 Å². The van der Waals surface area contributed by atoms with Crippen LogP contribution < -0.4 is 9.47 Å². The van der Waals surface area contributed by atoms with Crippen molar-refractivity contribution in [3.05, 3.63) is 127 Å². The Hall–Kier alpha value is -5.52. The highest BCUT2D eigenvalue weighted by molar-refractivity contribution is 9.69. The minimum atomic E-state index is -3.61. The number of carbonyl (C=O) groups is 1. The van der Waals surface area contributed by atoms with E-state index >= 15 is 0 Å². The van der Waals surface area contributed by atoms with Gasteiger partial charge in [-0.2, -0.15) is 0 Å². The fraction of sp³-hybridized carbons (Fsp3) is 0.178. The first-order valence-corrected chi connectivity index (χ1v) is 31.0. The molecule has 0 atom stereocenters. The number of imidazole rings is 3. The molecular formula is C45H48BBr3N12O10S6. The molecule has 408 valence electrons. The molecule has 0 aliphatic heterocycles. The van der Waals surface area contributed by atoms with Gasteiger partial charge >= 0.3 is 9.15 Å². The molecule has 0 aliphatic carbocycles. The van der Waals surface area contributed by atoms with Gasteiger partial charge in [-0.1, -0.05) is 96.0 Å². The molecule has 0 unspecified atom stereocenters. The van der Waals surface area contributed by atoms with Crippen LogP contribution in [0.15, 0.2) is 135 Å². The standard InChI is InChI=1S/C19H16N4O4S2.C13H14N4O3S2.C12H12N4O3S2.CH4.BBr3.H2/c1-22(2)29(25,26)19-21-23-12-16(20-18(23)28-19)14-9-6-10-15(11-14)27-17(24)13-7-4-3-5-8-13;1-16(2)22(18,19)13-15-17-8-11(14-12(17)21-13)9-5-4-6-10(7-9)20-3;1-15(2)21(18,19)12-14-16-7-10(13-11(16)20-12)8-4-3-5-9(17)6-8;;2-1(3)4;/h3-12H,1-2H3;4-8H,1-3H3;3-7,17H,1-2H3;1H4;;1H/i;;;;;1+1. The van der Waals surface area contributed by atoms with Crippen LogP contribution in [0, 0.1) is 0 Å². The molecule has 6 aromatic heterocycles. The third-order valence-electron chi connectivity index (χ3n) is 10.0. The number of nitrogens with zero attached hydrogens (tertiary/aromatic N) is 12. The fourth-order valence-corrected chi connectivity index (χ4v) is 12.8. The maximum atomic E-state index is 12.2. The highest BCUT2D eigenvalue weighted by Gasteiger charge is 2.26. The number of methoxy groups -OCH3 is 1. The van der Waals surface area contributed by atoms with Crippen LogP contribution >= 0.6 is 81.3 Å². The van der Waals surface area contributed by atoms with Crippen LogP contribution in [-0.2, 0) is 30.1 Å². The minimum absolute atomic E-state index is 0. The van der Waals surface area contributed by atoms with Crippen LogP contribution in [0.5, 0.6) is 17.2 Å². The molecule has 0 saturated carbocycles. The van der Waals surface area contributed by atoms with Crippen LogP contribution in [0.3, 0.4) is 0 Å². The monoisotopic (exact) mass is 1360 g/mol. The summed E-state index contributed by atoms with van der Waals surface area (Å²) in [7, 11) is -0.336. The second kappa shape index (κ2) is 25.5. The van der Waals surface area contributed by atoms with Gasteiger partial charge in [-0.05, 0) is 48.5 Å². The first-order valence-electron chi connectivity index (χ1n) is 21.5. The van der Waals surface area contributed by atoms with Gasteiger partial charge in [0.2, 0.25) is 27.9 Å². The van der Waals surface area contributed by atoms with Crippen LogP contribution in [0.2, 0.25) is 0 Å². The van der Waals surface area contributed by atoms with Gasteiger partial charge in [-0.25, -0.2) is 71.5 Å². The first kappa shape index (κ1) is 60.7. The Morgan fingerprint density at radius 3 is 1.26 bits per heavy atom. The summed E-state index contributed by atoms with van der Waals surface area (Å²) in [5.74, 6) is 0.815. The maximum Gasteiger partial charge on any atom is 0.369 e. The van der Waals surface area contributed by atoms with Crippen molar-refractivity contribution in [2.75, 3.05) is 49.4 Å². The van der Waals surface area contributed by atoms with Crippen molar-refractivity contribution < 1.29 is 46.1 Å². The quantitative estimate of drug-likeness (QED) is 0.0679. The normalized spacial score (nSPS) is 11.6. The topological polar surface area (TPSA) is 258 Å². The van der Waals surface area contributed by atoms with Gasteiger partial charge < -0.3 is 14.6 Å². The molecule has 32 heteroatoms. The Kier molecular flexibility index (Phi) is 20.1. The van der Waals surface area contributed by atoms with Gasteiger partial charge in [0.1, 0.15) is 17.2 Å². The zero-order valence-corrected chi connectivity index (χ0v) is 50.4. The van der Waals surface area contributed by atoms with Gasteiger partial charge in [0.25, 0.3) is 30.1 Å². The van der Waals surface area contributed by atoms with Crippen LogP contribution in [-0.4, -0.2) is 146 Å². The molecular weight excluding hydrogens is 1310 g/mol. The zero-order chi connectivity index (χ0) is 55.3. The van der Waals surface area contributed by atoms with E-state index < -0.39 is 36.0 Å². The summed E-state index contributed by atoms with van der Waals surface area (Å²) < 4.78 is 91.1. The lowest BCUT2D eigenvalue weighted by Crippen LogP contribution is -2.22. The van der Waals surface area contributed by atoms with Crippen molar-refractivity contribution in [3.63, 3.8) is 0 Å². The molecule has 4 aromatic carbocycles. The van der Waals surface area contributed by atoms with E-state index in [1.165, 1.54) is 55.8 Å². The summed E-state index contributed by atoms with van der Waals surface area (Å²) >= 11 is 12.3. The van der Waals surface area contributed by atoms with E-state index in [-0.39, 0.29) is 30.8 Å². The average molecular weight is 1360 g/mol. The molecule has 10 aromatic rings. The Morgan fingerprint density at radius 1 is 0.558 bits per heavy atom. The number of rotatable bonds is 12. The van der Waals surface area contributed by atoms with Gasteiger partial charge in [0.05, 0.1) is 48.3 Å². The highest BCUT2D eigenvalue weighted by Crippen LogP contribution is 2.31. The maximum absolute atomic E-state index is 12.2. The predicted octanol–water partition coefficient (Wildman–Crippen LogP) is 9.10. The van der Waals surface area contributed by atoms with Crippen molar-refractivity contribution in [3.8, 4) is 51.0 Å². The molecule has 10 rings (SSSR count). The lowest BCUT2D eigenvalue weighted by molar-refractivity contribution is 0.0734. The number of phenols is 1. The van der Waals surface area contributed by atoms with E-state index in [4.69, 9.17) is 9.47 Å². The number of carbonyl (C=O) groups excluding carboxylic acids is 1. The van der Waals surface area contributed by atoms with E-state index in [1.807, 2.05) is 42.5 Å². The molecule has 22 nitrogen and oxygen atoms in total. The zero-order valence-electron chi connectivity index (χ0n) is 40.7. The second-order valence-electron chi connectivity index (χ2n) is 15.8. The third-order valence-corrected chi connectivity index (χ3v) is 19.3. The number of hydrogen-bond donors (Lipinski definition) is 1. The molecule has 6 heterocycles. The Labute approximate surface area is 482 Å². The average Bonchev–Trinajstić information content (AvgIpc) is 4.25. The molecule has 0 fully saturated rings. The number of phenolic OH excluding ortho intramolecular Hbond substituents is 1. The van der Waals surface area contributed by atoms with Gasteiger partial charge in [-0.3, -0.25) is 0 Å². The van der Waals surface area contributed by atoms with Crippen molar-refractivity contribution in [2.24, 2.45) is 0 Å². The summed E-state index contributed by atoms with van der Waals surface area (Å²) in [4.78, 5) is 26.9. The molecule has 77 heavy (non-hydrogen) atoms. The van der Waals surface area contributed by atoms with Crippen molar-refractivity contribution in [2.45, 2.75) is 20.4 Å². The number of aromatic nitrogens is 9. The number of sulfonamides is 3. The Bertz CT molecular complexity index is 3930. The Morgan fingerprint density at radius 2 is 0.909 bits per heavy atom. The smallest absolute Gasteiger partial charge is 0.369 e. The van der Waals surface area contributed by atoms with Gasteiger partial charge in [0, 0.05) is 60.4 Å². The van der Waals surface area contributed by atoms with Crippen molar-refractivity contribution >= 4 is 135 Å². The lowest BCUT2D eigenvalue weighted by atomic mass is 10.1. The Balaban J connectivity index is 0.000000209. The van der Waals surface area contributed by atoms with Gasteiger partial charge in [0.15, 0.2) is 0 Å². The molecule has 0 aliphatic rings. The first-order chi connectivity index (χ1) is 35.9. The molecule has 0 spiro atoms. The number of benzene rings is 4. The van der Waals surface area contributed by atoms with E-state index in [9.17, 15) is 35.2 Å². The van der Waals surface area contributed by atoms with E-state index in [0.29, 0.717) is 43.3 Å². The molecule has 0 bridgehead atoms. The number of ether oxygens (including phenoxy) is 2. The predicted molar refractivity (Wildman–Crippen MR) is 313 cm³/mol. The number of hydrogen-bond acceptors (Lipinski definition) is 19. The van der Waals surface area contributed by atoms with Crippen LogP contribution in [0.1, 0.15) is 19.2 Å². The van der Waals surface area contributed by atoms with E-state index in [0.717, 1.165) is 69.4 Å². The number of halogens is 3. The van der Waals surface area contributed by atoms with Crippen molar-refractivity contribution in [1.29, 1.82) is 0 Å². The SMILES string of the molecule is BrB(Br)Br.C.CN(C)S(=O)(=O)c1nn2cc(-c3cccc(O)c3)nc2s1.CN(C)S(=O)(=O)c1nn2cc(-c3cccc(OC(=O)c4ccccc4)c3)nc2s1.COc1cccc(-c2cn3nc(S(=O)(=O)N(C)C)sc3n2)c1.[2HH]. The van der Waals surface area contributed by atoms with E-state index in [1.54, 1.807) is 86.4 Å². The third kappa shape index (κ3) is 14.6. The second-order valence-corrected chi connectivity index (χ2v) is 32.1. The molecule has 0 radical (unpaired) electrons. The summed E-state index contributed by atoms with van der Waals surface area (Å²) in [5, 5.41) is 21.8. The number of esters is 1. The number of fused-ring (bicyclic) bond motifs is 3. The molecule has 0 saturated heterocycles. The summed E-state index contributed by atoms with van der Waals surface area (Å²) in [5.41, 5.74) is 4.73. The van der Waals surface area contributed by atoms with Crippen LogP contribution in [0.25, 0.3) is 48.7 Å². The van der Waals surface area contributed by atoms with E-state index in [2.05, 4.69) is 77.5 Å². The lowest BCUT2D eigenvalue weighted by Gasteiger charge is -2.06. The number of aromatic hydroxyl groups is 1. The van der Waals surface area contributed by atoms with Crippen LogP contribution in [0.4, 0.5) is 0 Å². The summed E-state index contributed by atoms with van der Waals surface area (Å²) in [6.45, 7) is 0.